The van der Waals surface area contributed by atoms with Crippen LogP contribution in [0, 0.1) is 5.92 Å². The van der Waals surface area contributed by atoms with Crippen LogP contribution in [0.5, 0.6) is 0 Å². The highest BCUT2D eigenvalue weighted by molar-refractivity contribution is 6.55. The number of nitrogens with zero attached hydrogens (tertiary/aromatic N) is 1. The van der Waals surface area contributed by atoms with E-state index in [4.69, 9.17) is 15.0 Å². The first-order valence-corrected chi connectivity index (χ1v) is 9.95. The standard InChI is InChI=1S/C21H32BFN2O2/c1-20(2)21(3,4)27-22(26-20)19(23)18(17-10-6-5-7-11-17)15-25-12-8-9-16(13-24)14-25/h5-7,10-11,16H,8-9,12-15,24H2,1-4H3. The van der Waals surface area contributed by atoms with Crippen LogP contribution in [0.15, 0.2) is 36.1 Å². The molecule has 6 heteroatoms. The second kappa shape index (κ2) is 8.04. The molecule has 0 saturated carbocycles. The molecule has 0 bridgehead atoms. The van der Waals surface area contributed by atoms with Crippen LogP contribution < -0.4 is 5.73 Å². The maximum Gasteiger partial charge on any atom is 0.525 e. The largest absolute Gasteiger partial charge is 0.525 e. The van der Waals surface area contributed by atoms with Gasteiger partial charge in [0.25, 0.3) is 0 Å². The maximum absolute atomic E-state index is 15.7. The van der Waals surface area contributed by atoms with Crippen LogP contribution in [0.25, 0.3) is 5.57 Å². The Bertz CT molecular complexity index is 662. The van der Waals surface area contributed by atoms with Gasteiger partial charge in [0.1, 0.15) is 5.73 Å². The molecule has 0 amide bonds. The molecule has 2 saturated heterocycles. The first-order valence-electron chi connectivity index (χ1n) is 9.95. The van der Waals surface area contributed by atoms with Crippen molar-refractivity contribution in [3.05, 3.63) is 41.6 Å². The monoisotopic (exact) mass is 374 g/mol. The van der Waals surface area contributed by atoms with Crippen LogP contribution in [0.3, 0.4) is 0 Å². The summed E-state index contributed by atoms with van der Waals surface area (Å²) in [6.07, 6.45) is 2.25. The number of nitrogens with two attached hydrogens (primary N) is 1. The summed E-state index contributed by atoms with van der Waals surface area (Å²) in [5.74, 6) is 0.482. The fraction of sp³-hybridized carbons (Fsp3) is 0.619. The van der Waals surface area contributed by atoms with Gasteiger partial charge in [0.05, 0.1) is 11.2 Å². The minimum atomic E-state index is -0.972. The first kappa shape index (κ1) is 20.5. The Kier molecular flexibility index (Phi) is 6.11. The van der Waals surface area contributed by atoms with Crippen molar-refractivity contribution >= 4 is 12.7 Å². The van der Waals surface area contributed by atoms with Crippen molar-refractivity contribution in [1.29, 1.82) is 0 Å². The Hall–Kier alpha value is -1.21. The van der Waals surface area contributed by atoms with Crippen molar-refractivity contribution in [2.45, 2.75) is 51.7 Å². The van der Waals surface area contributed by atoms with Crippen LogP contribution in [0.1, 0.15) is 46.1 Å². The molecular formula is C21H32BFN2O2. The molecule has 2 N–H and O–H groups in total. The number of likely N-dealkylation sites (tertiary alicyclic amines) is 1. The Morgan fingerprint density at radius 3 is 2.41 bits per heavy atom. The van der Waals surface area contributed by atoms with Crippen LogP contribution in [-0.4, -0.2) is 49.4 Å². The summed E-state index contributed by atoms with van der Waals surface area (Å²) in [7, 11) is -0.972. The molecule has 2 heterocycles. The van der Waals surface area contributed by atoms with E-state index in [1.165, 1.54) is 0 Å². The molecule has 0 aromatic heterocycles. The normalized spacial score (nSPS) is 26.1. The molecule has 1 aromatic carbocycles. The minimum absolute atomic E-state index is 0.324. The van der Waals surface area contributed by atoms with Crippen LogP contribution in [0.4, 0.5) is 4.39 Å². The summed E-state index contributed by atoms with van der Waals surface area (Å²) >= 11 is 0. The zero-order chi connectivity index (χ0) is 19.7. The van der Waals surface area contributed by atoms with Gasteiger partial charge in [-0.05, 0) is 65.1 Å². The van der Waals surface area contributed by atoms with E-state index in [0.717, 1.165) is 31.5 Å². The van der Waals surface area contributed by atoms with Gasteiger partial charge in [-0.1, -0.05) is 30.3 Å². The molecule has 2 fully saturated rings. The first-order chi connectivity index (χ1) is 12.7. The summed E-state index contributed by atoms with van der Waals surface area (Å²) in [4.78, 5) is 2.30. The Balaban J connectivity index is 1.89. The average molecular weight is 374 g/mol. The molecule has 2 aliphatic rings. The SMILES string of the molecule is CC1(C)OB(C(F)=C(CN2CCCC(CN)C2)c2ccccc2)OC1(C)C. The van der Waals surface area contributed by atoms with Crippen LogP contribution in [0.2, 0.25) is 0 Å². The second-order valence-corrected chi connectivity index (χ2v) is 8.76. The van der Waals surface area contributed by atoms with Gasteiger partial charge >= 0.3 is 7.12 Å². The Morgan fingerprint density at radius 1 is 1.19 bits per heavy atom. The Morgan fingerprint density at radius 2 is 1.81 bits per heavy atom. The van der Waals surface area contributed by atoms with Gasteiger partial charge in [0.2, 0.25) is 0 Å². The van der Waals surface area contributed by atoms with Crippen LogP contribution >= 0.6 is 0 Å². The predicted molar refractivity (Wildman–Crippen MR) is 109 cm³/mol. The summed E-state index contributed by atoms with van der Waals surface area (Å²) < 4.78 is 27.6. The van der Waals surface area contributed by atoms with Crippen molar-refractivity contribution in [3.8, 4) is 0 Å². The van der Waals surface area contributed by atoms with Gasteiger partial charge in [-0.3, -0.25) is 4.90 Å². The van der Waals surface area contributed by atoms with E-state index in [1.807, 2.05) is 58.0 Å². The predicted octanol–water partition coefficient (Wildman–Crippen LogP) is 3.67. The van der Waals surface area contributed by atoms with E-state index in [0.29, 0.717) is 24.6 Å². The smallest absolute Gasteiger partial charge is 0.398 e. The molecular weight excluding hydrogens is 342 g/mol. The molecule has 1 unspecified atom stereocenters. The van der Waals surface area contributed by atoms with Crippen molar-refractivity contribution < 1.29 is 13.7 Å². The molecule has 0 radical (unpaired) electrons. The van der Waals surface area contributed by atoms with Gasteiger partial charge < -0.3 is 15.0 Å². The third kappa shape index (κ3) is 4.45. The molecule has 2 aliphatic heterocycles. The zero-order valence-electron chi connectivity index (χ0n) is 17.0. The summed E-state index contributed by atoms with van der Waals surface area (Å²) in [5.41, 5.74) is 5.94. The van der Waals surface area contributed by atoms with Gasteiger partial charge in [0.15, 0.2) is 0 Å². The lowest BCUT2D eigenvalue weighted by Gasteiger charge is -2.33. The lowest BCUT2D eigenvalue weighted by atomic mass is 9.82. The molecule has 148 valence electrons. The van der Waals surface area contributed by atoms with Crippen molar-refractivity contribution in [1.82, 2.24) is 4.90 Å². The van der Waals surface area contributed by atoms with E-state index >= 15 is 4.39 Å². The maximum atomic E-state index is 15.7. The average Bonchev–Trinajstić information content (AvgIpc) is 2.87. The van der Waals surface area contributed by atoms with Crippen LogP contribution in [-0.2, 0) is 9.31 Å². The molecule has 27 heavy (non-hydrogen) atoms. The van der Waals surface area contributed by atoms with E-state index in [1.54, 1.807) is 0 Å². The molecule has 1 atom stereocenters. The molecule has 1 aromatic rings. The number of halogens is 1. The summed E-state index contributed by atoms with van der Waals surface area (Å²) in [5, 5.41) is 0. The number of piperidine rings is 1. The molecule has 4 nitrogen and oxygen atoms in total. The lowest BCUT2D eigenvalue weighted by molar-refractivity contribution is 0.00578. The zero-order valence-corrected chi connectivity index (χ0v) is 17.0. The quantitative estimate of drug-likeness (QED) is 0.799. The van der Waals surface area contributed by atoms with E-state index in [-0.39, 0.29) is 5.73 Å². The van der Waals surface area contributed by atoms with E-state index in [2.05, 4.69) is 4.90 Å². The number of rotatable bonds is 5. The van der Waals surface area contributed by atoms with Crippen molar-refractivity contribution in [2.75, 3.05) is 26.2 Å². The van der Waals surface area contributed by atoms with Crippen molar-refractivity contribution in [2.24, 2.45) is 11.7 Å². The highest BCUT2D eigenvalue weighted by Crippen LogP contribution is 2.40. The molecule has 0 spiro atoms. The van der Waals surface area contributed by atoms with Gasteiger partial charge in [-0.2, -0.15) is 0 Å². The Labute approximate surface area is 163 Å². The van der Waals surface area contributed by atoms with Gasteiger partial charge in [-0.25, -0.2) is 4.39 Å². The lowest BCUT2D eigenvalue weighted by Crippen LogP contribution is -2.41. The number of benzene rings is 1. The number of hydrogen-bond donors (Lipinski definition) is 1. The third-order valence-corrected chi connectivity index (χ3v) is 6.19. The highest BCUT2D eigenvalue weighted by Gasteiger charge is 2.53. The highest BCUT2D eigenvalue weighted by atomic mass is 19.1. The summed E-state index contributed by atoms with van der Waals surface area (Å²) in [6, 6.07) is 9.71. The summed E-state index contributed by atoms with van der Waals surface area (Å²) in [6.45, 7) is 10.9. The second-order valence-electron chi connectivity index (χ2n) is 8.76. The van der Waals surface area contributed by atoms with E-state index < -0.39 is 18.3 Å². The fourth-order valence-corrected chi connectivity index (χ4v) is 3.74. The van der Waals surface area contributed by atoms with Gasteiger partial charge in [-0.15, -0.1) is 0 Å². The fourth-order valence-electron chi connectivity index (χ4n) is 3.74. The third-order valence-electron chi connectivity index (χ3n) is 6.19. The minimum Gasteiger partial charge on any atom is -0.398 e. The molecule has 0 aliphatic carbocycles. The molecule has 3 rings (SSSR count). The van der Waals surface area contributed by atoms with Crippen molar-refractivity contribution in [3.63, 3.8) is 0 Å². The number of hydrogen-bond acceptors (Lipinski definition) is 4. The van der Waals surface area contributed by atoms with Gasteiger partial charge in [0, 0.05) is 18.7 Å². The topological polar surface area (TPSA) is 47.7 Å². The van der Waals surface area contributed by atoms with E-state index in [9.17, 15) is 0 Å².